The molecule has 0 saturated carbocycles. The zero-order valence-corrected chi connectivity index (χ0v) is 18.3. The molecule has 1 heterocycles. The van der Waals surface area contributed by atoms with Crippen molar-refractivity contribution in [1.82, 2.24) is 15.2 Å². The molecule has 176 valence electrons. The highest BCUT2D eigenvalue weighted by Gasteiger charge is 2.30. The molecule has 0 unspecified atom stereocenters. The summed E-state index contributed by atoms with van der Waals surface area (Å²) in [5.41, 5.74) is 0.901. The van der Waals surface area contributed by atoms with E-state index in [9.17, 15) is 22.4 Å². The Balaban J connectivity index is 1.76. The molecular weight excluding hydrogens is 438 g/mol. The first-order chi connectivity index (χ1) is 15.6. The third-order valence-corrected chi connectivity index (χ3v) is 5.14. The molecular formula is C24H25F4N3O2. The third kappa shape index (κ3) is 7.15. The van der Waals surface area contributed by atoms with Gasteiger partial charge in [-0.15, -0.1) is 0 Å². The second-order valence-corrected chi connectivity index (χ2v) is 7.88. The first-order valence-corrected chi connectivity index (χ1v) is 10.5. The van der Waals surface area contributed by atoms with Crippen molar-refractivity contribution in [2.24, 2.45) is 0 Å². The summed E-state index contributed by atoms with van der Waals surface area (Å²) in [7, 11) is 0. The number of aromatic nitrogens is 1. The van der Waals surface area contributed by atoms with Crippen LogP contribution in [0.1, 0.15) is 53.3 Å². The minimum absolute atomic E-state index is 0.00713. The number of carbonyl (C=O) groups is 1. The fraction of sp³-hybridized carbons (Fsp3) is 0.333. The van der Waals surface area contributed by atoms with Gasteiger partial charge >= 0.3 is 6.18 Å². The molecule has 0 radical (unpaired) electrons. The van der Waals surface area contributed by atoms with E-state index in [0.717, 1.165) is 24.1 Å². The molecule has 33 heavy (non-hydrogen) atoms. The standard InChI is InChI=1S/C24H25F4N3O2/c1-3-16(2)29-23(32)21-15-33-22(30-21)14-31(13-18-6-10-20(25)11-7-18)12-17-4-8-19(9-5-17)24(26,27)28/h4-11,15-16H,3,12-14H2,1-2H3,(H,29,32)/t16-/m1/s1. The van der Waals surface area contributed by atoms with Crippen molar-refractivity contribution >= 4 is 5.91 Å². The Bertz CT molecular complexity index is 1050. The first-order valence-electron chi connectivity index (χ1n) is 10.5. The maximum absolute atomic E-state index is 13.3. The molecule has 0 aliphatic rings. The van der Waals surface area contributed by atoms with Gasteiger partial charge in [0.05, 0.1) is 12.1 Å². The second kappa shape index (κ2) is 10.6. The Kier molecular flexibility index (Phi) is 7.86. The van der Waals surface area contributed by atoms with Gasteiger partial charge in [0.1, 0.15) is 12.1 Å². The number of carbonyl (C=O) groups excluding carboxylic acids is 1. The van der Waals surface area contributed by atoms with Crippen LogP contribution >= 0.6 is 0 Å². The third-order valence-electron chi connectivity index (χ3n) is 5.14. The van der Waals surface area contributed by atoms with Crippen molar-refractivity contribution in [3.8, 4) is 0 Å². The van der Waals surface area contributed by atoms with Gasteiger partial charge in [-0.1, -0.05) is 31.2 Å². The zero-order valence-electron chi connectivity index (χ0n) is 18.3. The van der Waals surface area contributed by atoms with Crippen molar-refractivity contribution in [3.63, 3.8) is 0 Å². The molecule has 0 fully saturated rings. The van der Waals surface area contributed by atoms with Gasteiger partial charge in [0, 0.05) is 19.1 Å². The van der Waals surface area contributed by atoms with E-state index in [1.54, 1.807) is 12.1 Å². The van der Waals surface area contributed by atoms with Crippen LogP contribution < -0.4 is 5.32 Å². The summed E-state index contributed by atoms with van der Waals surface area (Å²) >= 11 is 0. The molecule has 0 aliphatic carbocycles. The van der Waals surface area contributed by atoms with Crippen molar-refractivity contribution in [3.05, 3.63) is 88.9 Å². The van der Waals surface area contributed by atoms with E-state index in [-0.39, 0.29) is 30.0 Å². The fourth-order valence-corrected chi connectivity index (χ4v) is 3.15. The van der Waals surface area contributed by atoms with Gasteiger partial charge in [0.15, 0.2) is 5.69 Å². The van der Waals surface area contributed by atoms with E-state index >= 15 is 0 Å². The highest BCUT2D eigenvalue weighted by atomic mass is 19.4. The molecule has 1 N–H and O–H groups in total. The fourth-order valence-electron chi connectivity index (χ4n) is 3.15. The quantitative estimate of drug-likeness (QED) is 0.422. The van der Waals surface area contributed by atoms with Crippen LogP contribution in [0.5, 0.6) is 0 Å². The summed E-state index contributed by atoms with van der Waals surface area (Å²) < 4.78 is 57.3. The molecule has 2 aromatic carbocycles. The van der Waals surface area contributed by atoms with Gasteiger partial charge in [-0.3, -0.25) is 9.69 Å². The molecule has 1 amide bonds. The van der Waals surface area contributed by atoms with Crippen molar-refractivity contribution in [2.75, 3.05) is 0 Å². The number of halogens is 4. The van der Waals surface area contributed by atoms with E-state index in [2.05, 4.69) is 10.3 Å². The molecule has 5 nitrogen and oxygen atoms in total. The summed E-state index contributed by atoms with van der Waals surface area (Å²) in [4.78, 5) is 18.4. The summed E-state index contributed by atoms with van der Waals surface area (Å²) in [6.07, 6.45) is -2.35. The normalized spacial score (nSPS) is 12.7. The second-order valence-electron chi connectivity index (χ2n) is 7.88. The number of alkyl halides is 3. The number of oxazole rings is 1. The van der Waals surface area contributed by atoms with Gasteiger partial charge < -0.3 is 9.73 Å². The Labute approximate surface area is 189 Å². The summed E-state index contributed by atoms with van der Waals surface area (Å²) in [6.45, 7) is 4.71. The van der Waals surface area contributed by atoms with Gasteiger partial charge in [-0.2, -0.15) is 13.2 Å². The summed E-state index contributed by atoms with van der Waals surface area (Å²) in [5, 5.41) is 2.81. The molecule has 3 rings (SSSR count). The van der Waals surface area contributed by atoms with Crippen molar-refractivity contribution in [1.29, 1.82) is 0 Å². The smallest absolute Gasteiger partial charge is 0.416 e. The van der Waals surface area contributed by atoms with Crippen LogP contribution in [0, 0.1) is 5.82 Å². The lowest BCUT2D eigenvalue weighted by Crippen LogP contribution is -2.32. The molecule has 0 bridgehead atoms. The topological polar surface area (TPSA) is 58.4 Å². The van der Waals surface area contributed by atoms with Crippen LogP contribution in [0.25, 0.3) is 0 Å². The highest BCUT2D eigenvalue weighted by Crippen LogP contribution is 2.29. The minimum atomic E-state index is -4.41. The molecule has 1 atom stereocenters. The lowest BCUT2D eigenvalue weighted by Gasteiger charge is -2.21. The number of benzene rings is 2. The zero-order chi connectivity index (χ0) is 24.0. The average Bonchev–Trinajstić information content (AvgIpc) is 3.23. The number of rotatable bonds is 9. The maximum atomic E-state index is 13.3. The predicted molar refractivity (Wildman–Crippen MR) is 115 cm³/mol. The maximum Gasteiger partial charge on any atom is 0.416 e. The number of hydrogen-bond acceptors (Lipinski definition) is 4. The van der Waals surface area contributed by atoms with Gasteiger partial charge in [0.2, 0.25) is 5.89 Å². The molecule has 0 aliphatic heterocycles. The molecule has 9 heteroatoms. The van der Waals surface area contributed by atoms with Crippen LogP contribution in [-0.4, -0.2) is 21.8 Å². The van der Waals surface area contributed by atoms with Crippen molar-refractivity contribution in [2.45, 2.75) is 52.1 Å². The van der Waals surface area contributed by atoms with Gasteiger partial charge in [-0.05, 0) is 48.7 Å². The summed E-state index contributed by atoms with van der Waals surface area (Å²) in [6, 6.07) is 10.9. The van der Waals surface area contributed by atoms with Crippen LogP contribution in [0.4, 0.5) is 17.6 Å². The Hall–Kier alpha value is -3.20. The van der Waals surface area contributed by atoms with E-state index in [1.165, 1.54) is 30.5 Å². The lowest BCUT2D eigenvalue weighted by molar-refractivity contribution is -0.137. The Morgan fingerprint density at radius 2 is 1.61 bits per heavy atom. The predicted octanol–water partition coefficient (Wildman–Crippen LogP) is 5.56. The number of hydrogen-bond donors (Lipinski definition) is 1. The van der Waals surface area contributed by atoms with Crippen LogP contribution in [0.2, 0.25) is 0 Å². The average molecular weight is 463 g/mol. The van der Waals surface area contributed by atoms with Crippen LogP contribution in [0.15, 0.2) is 59.2 Å². The number of nitrogens with one attached hydrogen (secondary N) is 1. The van der Waals surface area contributed by atoms with E-state index in [1.807, 2.05) is 18.7 Å². The molecule has 1 aromatic heterocycles. The molecule has 0 spiro atoms. The molecule has 3 aromatic rings. The van der Waals surface area contributed by atoms with Crippen LogP contribution in [0.3, 0.4) is 0 Å². The summed E-state index contributed by atoms with van der Waals surface area (Å²) in [5.74, 6) is -0.414. The SMILES string of the molecule is CC[C@@H](C)NC(=O)c1coc(CN(Cc2ccc(F)cc2)Cc2ccc(C(F)(F)F)cc2)n1. The Morgan fingerprint density at radius 3 is 2.15 bits per heavy atom. The Morgan fingerprint density at radius 1 is 1.03 bits per heavy atom. The van der Waals surface area contributed by atoms with Gasteiger partial charge in [0.25, 0.3) is 5.91 Å². The van der Waals surface area contributed by atoms with E-state index < -0.39 is 11.7 Å². The minimum Gasteiger partial charge on any atom is -0.447 e. The van der Waals surface area contributed by atoms with Crippen molar-refractivity contribution < 1.29 is 26.8 Å². The van der Waals surface area contributed by atoms with E-state index in [0.29, 0.717) is 24.5 Å². The highest BCUT2D eigenvalue weighted by molar-refractivity contribution is 5.92. The first kappa shape index (κ1) is 24.4. The molecule has 0 saturated heterocycles. The number of nitrogens with zero attached hydrogens (tertiary/aromatic N) is 2. The lowest BCUT2D eigenvalue weighted by atomic mass is 10.1. The van der Waals surface area contributed by atoms with E-state index in [4.69, 9.17) is 4.42 Å². The van der Waals surface area contributed by atoms with Crippen LogP contribution in [-0.2, 0) is 25.8 Å². The van der Waals surface area contributed by atoms with Gasteiger partial charge in [-0.25, -0.2) is 9.37 Å². The monoisotopic (exact) mass is 463 g/mol. The number of amides is 1. The largest absolute Gasteiger partial charge is 0.447 e.